The highest BCUT2D eigenvalue weighted by molar-refractivity contribution is 7.77. The molecule has 0 atom stereocenters. The van der Waals surface area contributed by atoms with E-state index in [9.17, 15) is 9.59 Å². The van der Waals surface area contributed by atoms with Gasteiger partial charge in [-0.2, -0.15) is 0 Å². The van der Waals surface area contributed by atoms with Crippen LogP contribution in [0.4, 0.5) is 0 Å². The van der Waals surface area contributed by atoms with Crippen LogP contribution in [0.2, 0.25) is 0 Å². The highest BCUT2D eigenvalue weighted by atomic mass is 32.1. The molecule has 44 heavy (non-hydrogen) atoms. The summed E-state index contributed by atoms with van der Waals surface area (Å²) in [6.07, 6.45) is 10.9. The number of methoxy groups -OCH3 is 1. The van der Waals surface area contributed by atoms with E-state index >= 15 is 0 Å². The third-order valence-electron chi connectivity index (χ3n) is 8.66. The first kappa shape index (κ1) is 32.2. The maximum absolute atomic E-state index is 13.7. The molecule has 0 bridgehead atoms. The maximum atomic E-state index is 13.7. The van der Waals surface area contributed by atoms with E-state index in [4.69, 9.17) is 9.47 Å². The van der Waals surface area contributed by atoms with Crippen LogP contribution in [0.5, 0.6) is 5.75 Å². The number of hydrogen-bond donors (Lipinski definition) is 2. The Morgan fingerprint density at radius 3 is 2.52 bits per heavy atom. The van der Waals surface area contributed by atoms with Crippen molar-refractivity contribution in [1.29, 1.82) is 0 Å². The largest absolute Gasteiger partial charge is 0.497 e. The average Bonchev–Trinajstić information content (AvgIpc) is 3.20. The fourth-order valence-electron chi connectivity index (χ4n) is 6.60. The smallest absolute Gasteiger partial charge is 0.338 e. The average molecular weight is 618 g/mol. The van der Waals surface area contributed by atoms with Crippen molar-refractivity contribution in [2.45, 2.75) is 90.2 Å². The standard InChI is InChI=1S/C36H47N3O4S/c1-36(2,3)43-35(41)25-14-16-30-31(22-25)39-23-27(34(40)37-18-10-7-11-19-38(4)44)20-26-21-28(42-5)15-17-29(26)33(39)32(30)24-12-8-6-9-13-24/h14-17,20-22,24,44H,6-13,18-19,23H2,1-5H3,(H,37,40). The summed E-state index contributed by atoms with van der Waals surface area (Å²) in [5.74, 6) is 0.759. The molecule has 1 amide bonds. The van der Waals surface area contributed by atoms with E-state index in [2.05, 4.69) is 34.8 Å². The lowest BCUT2D eigenvalue weighted by atomic mass is 9.81. The Morgan fingerprint density at radius 1 is 1.05 bits per heavy atom. The van der Waals surface area contributed by atoms with Gasteiger partial charge in [-0.1, -0.05) is 44.6 Å². The number of ether oxygens (including phenoxy) is 2. The molecule has 3 aromatic rings. The van der Waals surface area contributed by atoms with E-state index in [1.165, 1.54) is 24.8 Å². The first-order valence-electron chi connectivity index (χ1n) is 16.0. The number of aromatic nitrogens is 1. The summed E-state index contributed by atoms with van der Waals surface area (Å²) in [6.45, 7) is 7.59. The quantitative estimate of drug-likeness (QED) is 0.138. The lowest BCUT2D eigenvalue weighted by Gasteiger charge is -2.24. The molecule has 1 N–H and O–H groups in total. The van der Waals surface area contributed by atoms with Gasteiger partial charge in [0.2, 0.25) is 5.91 Å². The Kier molecular flexibility index (Phi) is 10.1. The molecule has 1 saturated carbocycles. The number of carbonyl (C=O) groups excluding carboxylic acids is 2. The molecule has 2 aromatic carbocycles. The molecule has 8 heteroatoms. The first-order valence-corrected chi connectivity index (χ1v) is 16.4. The van der Waals surface area contributed by atoms with Crippen LogP contribution in [-0.2, 0) is 16.1 Å². The summed E-state index contributed by atoms with van der Waals surface area (Å²) < 4.78 is 15.5. The molecular formula is C36H47N3O4S. The van der Waals surface area contributed by atoms with Crippen LogP contribution >= 0.6 is 12.8 Å². The summed E-state index contributed by atoms with van der Waals surface area (Å²) in [4.78, 5) is 26.9. The van der Waals surface area contributed by atoms with Crippen molar-refractivity contribution in [2.24, 2.45) is 0 Å². The summed E-state index contributed by atoms with van der Waals surface area (Å²) in [5.41, 5.74) is 6.09. The summed E-state index contributed by atoms with van der Waals surface area (Å²) in [5, 5.41) is 4.32. The molecule has 0 saturated heterocycles. The summed E-state index contributed by atoms with van der Waals surface area (Å²) in [6, 6.07) is 12.1. The molecule has 7 nitrogen and oxygen atoms in total. The molecule has 2 heterocycles. The van der Waals surface area contributed by atoms with Crippen LogP contribution in [0.25, 0.3) is 28.2 Å². The van der Waals surface area contributed by atoms with Crippen molar-refractivity contribution in [3.63, 3.8) is 0 Å². The highest BCUT2D eigenvalue weighted by Crippen LogP contribution is 2.47. The van der Waals surface area contributed by atoms with Crippen LogP contribution in [0.3, 0.4) is 0 Å². The Balaban J connectivity index is 1.59. The van der Waals surface area contributed by atoms with Crippen LogP contribution in [-0.4, -0.2) is 53.6 Å². The zero-order valence-electron chi connectivity index (χ0n) is 26.9. The number of fused-ring (bicyclic) bond motifs is 5. The van der Waals surface area contributed by atoms with Crippen LogP contribution in [0.15, 0.2) is 42.0 Å². The van der Waals surface area contributed by atoms with Gasteiger partial charge in [0.05, 0.1) is 24.9 Å². The van der Waals surface area contributed by atoms with E-state index in [-0.39, 0.29) is 11.9 Å². The predicted octanol–water partition coefficient (Wildman–Crippen LogP) is 7.78. The molecule has 1 aromatic heterocycles. The van der Waals surface area contributed by atoms with Gasteiger partial charge in [0.15, 0.2) is 0 Å². The minimum atomic E-state index is -0.593. The predicted molar refractivity (Wildman–Crippen MR) is 181 cm³/mol. The van der Waals surface area contributed by atoms with E-state index in [1.54, 1.807) is 7.11 Å². The Morgan fingerprint density at radius 2 is 1.82 bits per heavy atom. The Hall–Kier alpha value is -3.23. The molecule has 5 rings (SSSR count). The van der Waals surface area contributed by atoms with E-state index in [0.717, 1.165) is 72.1 Å². The Bertz CT molecular complexity index is 1540. The fourth-order valence-corrected chi connectivity index (χ4v) is 6.74. The minimum Gasteiger partial charge on any atom is -0.497 e. The van der Waals surface area contributed by atoms with Gasteiger partial charge in [-0.25, -0.2) is 4.79 Å². The number of esters is 1. The van der Waals surface area contributed by atoms with Crippen molar-refractivity contribution in [3.8, 4) is 17.0 Å². The molecule has 1 fully saturated rings. The number of unbranched alkanes of at least 4 members (excludes halogenated alkanes) is 2. The summed E-state index contributed by atoms with van der Waals surface area (Å²) in [7, 11) is 3.62. The van der Waals surface area contributed by atoms with Gasteiger partial charge in [0.25, 0.3) is 0 Å². The van der Waals surface area contributed by atoms with E-state index in [1.807, 2.05) is 62.5 Å². The van der Waals surface area contributed by atoms with Crippen molar-refractivity contribution in [2.75, 3.05) is 27.2 Å². The second kappa shape index (κ2) is 13.8. The number of nitrogens with one attached hydrogen (secondary N) is 1. The van der Waals surface area contributed by atoms with Crippen LogP contribution in [0, 0.1) is 0 Å². The van der Waals surface area contributed by atoms with Gasteiger partial charge in [-0.3, -0.25) is 9.10 Å². The van der Waals surface area contributed by atoms with E-state index < -0.39 is 5.60 Å². The molecule has 0 spiro atoms. The second-order valence-electron chi connectivity index (χ2n) is 13.2. The second-order valence-corrected chi connectivity index (χ2v) is 13.9. The molecule has 2 aliphatic rings. The van der Waals surface area contributed by atoms with Crippen LogP contribution < -0.4 is 10.1 Å². The number of benzene rings is 2. The monoisotopic (exact) mass is 617 g/mol. The first-order chi connectivity index (χ1) is 21.1. The van der Waals surface area contributed by atoms with Gasteiger partial charge in [0.1, 0.15) is 11.4 Å². The van der Waals surface area contributed by atoms with Gasteiger partial charge in [-0.15, -0.1) is 0 Å². The van der Waals surface area contributed by atoms with Gasteiger partial charge >= 0.3 is 5.97 Å². The molecule has 0 unspecified atom stereocenters. The van der Waals surface area contributed by atoms with Gasteiger partial charge in [-0.05, 0) is 107 Å². The topological polar surface area (TPSA) is 72.8 Å². The summed E-state index contributed by atoms with van der Waals surface area (Å²) >= 11 is 4.31. The highest BCUT2D eigenvalue weighted by Gasteiger charge is 2.31. The molecule has 1 aliphatic heterocycles. The maximum Gasteiger partial charge on any atom is 0.338 e. The van der Waals surface area contributed by atoms with Crippen LogP contribution in [0.1, 0.15) is 99.5 Å². The lowest BCUT2D eigenvalue weighted by molar-refractivity contribution is -0.117. The zero-order valence-corrected chi connectivity index (χ0v) is 27.8. The number of thiol groups is 1. The van der Waals surface area contributed by atoms with Gasteiger partial charge in [0, 0.05) is 35.1 Å². The molecule has 0 radical (unpaired) electrons. The number of hydrogen-bond acceptors (Lipinski definition) is 6. The zero-order chi connectivity index (χ0) is 31.4. The van der Waals surface area contributed by atoms with E-state index in [0.29, 0.717) is 30.1 Å². The third-order valence-corrected chi connectivity index (χ3v) is 8.86. The molecule has 236 valence electrons. The van der Waals surface area contributed by atoms with Crippen molar-refractivity contribution < 1.29 is 19.1 Å². The number of nitrogens with zero attached hydrogens (tertiary/aromatic N) is 2. The molecule has 1 aliphatic carbocycles. The SMILES string of the molecule is COc1ccc2c(c1)C=C(C(=O)NCCCCCN(C)S)Cn1c-2c(C2CCCCC2)c2ccc(C(=O)OC(C)(C)C)cc21. The normalized spacial score (nSPS) is 15.4. The minimum absolute atomic E-state index is 0.0673. The number of rotatable bonds is 10. The van der Waals surface area contributed by atoms with Gasteiger partial charge < -0.3 is 19.4 Å². The lowest BCUT2D eigenvalue weighted by Crippen LogP contribution is -2.27. The third kappa shape index (κ3) is 7.35. The van der Waals surface area contributed by atoms with Crippen molar-refractivity contribution in [1.82, 2.24) is 14.2 Å². The Labute approximate surface area is 267 Å². The molecular weight excluding hydrogens is 570 g/mol. The number of carbonyl (C=O) groups is 2. The number of amides is 1. The van der Waals surface area contributed by atoms with Crippen molar-refractivity contribution >= 4 is 41.7 Å². The fraction of sp³-hybridized carbons (Fsp3) is 0.500. The van der Waals surface area contributed by atoms with Crippen molar-refractivity contribution in [3.05, 3.63) is 58.7 Å².